The number of carbonyl (C=O) groups is 1. The Morgan fingerprint density at radius 2 is 2.04 bits per heavy atom. The number of aromatic nitrogens is 2. The zero-order chi connectivity index (χ0) is 18.4. The standard InChI is InChI=1S/C20H20BrN3O2/c1-15-22-10-11-24(15)14-16-5-7-18(8-6-16)23-20(25)9-12-26-19-4-2-3-17(21)13-19/h2-8,10-11,13H,9,12,14H2,1H3,(H,23,25). The number of anilines is 1. The summed E-state index contributed by atoms with van der Waals surface area (Å²) in [6.45, 7) is 3.08. The second-order valence-electron chi connectivity index (χ2n) is 5.90. The number of hydrogen-bond acceptors (Lipinski definition) is 3. The third kappa shape index (κ3) is 5.20. The van der Waals surface area contributed by atoms with Crippen LogP contribution in [0.2, 0.25) is 0 Å². The van der Waals surface area contributed by atoms with Crippen LogP contribution in [0.25, 0.3) is 0 Å². The third-order valence-electron chi connectivity index (χ3n) is 3.91. The Bertz CT molecular complexity index is 875. The van der Waals surface area contributed by atoms with E-state index in [0.717, 1.165) is 33.8 Å². The SMILES string of the molecule is Cc1nccn1Cc1ccc(NC(=O)CCOc2cccc(Br)c2)cc1. The molecule has 134 valence electrons. The summed E-state index contributed by atoms with van der Waals surface area (Å²) in [7, 11) is 0. The number of halogens is 1. The summed E-state index contributed by atoms with van der Waals surface area (Å²) in [5, 5.41) is 2.89. The summed E-state index contributed by atoms with van der Waals surface area (Å²) >= 11 is 3.39. The van der Waals surface area contributed by atoms with Crippen molar-refractivity contribution in [3.05, 3.63) is 76.8 Å². The van der Waals surface area contributed by atoms with Gasteiger partial charge in [-0.2, -0.15) is 0 Å². The maximum absolute atomic E-state index is 12.0. The van der Waals surface area contributed by atoms with E-state index in [9.17, 15) is 4.79 Å². The summed E-state index contributed by atoms with van der Waals surface area (Å²) < 4.78 is 8.61. The van der Waals surface area contributed by atoms with E-state index in [1.165, 1.54) is 0 Å². The maximum Gasteiger partial charge on any atom is 0.227 e. The van der Waals surface area contributed by atoms with E-state index in [1.54, 1.807) is 6.20 Å². The Hall–Kier alpha value is -2.60. The third-order valence-corrected chi connectivity index (χ3v) is 4.40. The molecule has 3 aromatic rings. The van der Waals surface area contributed by atoms with Gasteiger partial charge in [0.05, 0.1) is 13.0 Å². The predicted molar refractivity (Wildman–Crippen MR) is 105 cm³/mol. The van der Waals surface area contributed by atoms with Gasteiger partial charge in [-0.05, 0) is 42.8 Å². The van der Waals surface area contributed by atoms with Gasteiger partial charge in [-0.3, -0.25) is 4.79 Å². The molecule has 0 spiro atoms. The van der Waals surface area contributed by atoms with Gasteiger partial charge in [-0.1, -0.05) is 34.1 Å². The van der Waals surface area contributed by atoms with Crippen LogP contribution in [0, 0.1) is 6.92 Å². The molecule has 0 saturated heterocycles. The number of ether oxygens (including phenoxy) is 1. The number of benzene rings is 2. The molecule has 1 heterocycles. The number of hydrogen-bond donors (Lipinski definition) is 1. The van der Waals surface area contributed by atoms with E-state index < -0.39 is 0 Å². The fourth-order valence-electron chi connectivity index (χ4n) is 2.50. The first kappa shape index (κ1) is 18.2. The van der Waals surface area contributed by atoms with Crippen molar-refractivity contribution in [3.63, 3.8) is 0 Å². The van der Waals surface area contributed by atoms with Gasteiger partial charge in [-0.25, -0.2) is 4.98 Å². The molecule has 0 unspecified atom stereocenters. The molecule has 1 aromatic heterocycles. The van der Waals surface area contributed by atoms with Crippen molar-refractivity contribution in [1.29, 1.82) is 0 Å². The fourth-order valence-corrected chi connectivity index (χ4v) is 2.88. The van der Waals surface area contributed by atoms with E-state index >= 15 is 0 Å². The minimum absolute atomic E-state index is 0.0711. The molecule has 1 amide bonds. The summed E-state index contributed by atoms with van der Waals surface area (Å²) in [4.78, 5) is 16.3. The number of imidazole rings is 1. The van der Waals surface area contributed by atoms with Crippen molar-refractivity contribution in [2.24, 2.45) is 0 Å². The number of aryl methyl sites for hydroxylation is 1. The van der Waals surface area contributed by atoms with Crippen molar-refractivity contribution < 1.29 is 9.53 Å². The second kappa shape index (κ2) is 8.67. The molecule has 6 heteroatoms. The summed E-state index contributed by atoms with van der Waals surface area (Å²) in [6, 6.07) is 15.4. The van der Waals surface area contributed by atoms with Gasteiger partial charge in [0.1, 0.15) is 11.6 Å². The highest BCUT2D eigenvalue weighted by molar-refractivity contribution is 9.10. The number of nitrogens with zero attached hydrogens (tertiary/aromatic N) is 2. The second-order valence-corrected chi connectivity index (χ2v) is 6.82. The smallest absolute Gasteiger partial charge is 0.227 e. The first-order chi connectivity index (χ1) is 12.6. The highest BCUT2D eigenvalue weighted by atomic mass is 79.9. The van der Waals surface area contributed by atoms with Gasteiger partial charge in [0.25, 0.3) is 0 Å². The Kier molecular flexibility index (Phi) is 6.07. The molecular weight excluding hydrogens is 394 g/mol. The van der Waals surface area contributed by atoms with Crippen molar-refractivity contribution >= 4 is 27.5 Å². The van der Waals surface area contributed by atoms with Gasteiger partial charge in [0.15, 0.2) is 0 Å². The minimum Gasteiger partial charge on any atom is -0.493 e. The highest BCUT2D eigenvalue weighted by Crippen LogP contribution is 2.18. The highest BCUT2D eigenvalue weighted by Gasteiger charge is 2.04. The quantitative estimate of drug-likeness (QED) is 0.623. The number of rotatable bonds is 7. The molecule has 0 aliphatic carbocycles. The molecule has 0 radical (unpaired) electrons. The average molecular weight is 414 g/mol. The number of carbonyl (C=O) groups excluding carboxylic acids is 1. The number of nitrogens with one attached hydrogen (secondary N) is 1. The zero-order valence-corrected chi connectivity index (χ0v) is 16.1. The van der Waals surface area contributed by atoms with Gasteiger partial charge in [0, 0.05) is 29.1 Å². The first-order valence-electron chi connectivity index (χ1n) is 8.35. The van der Waals surface area contributed by atoms with Crippen molar-refractivity contribution in [1.82, 2.24) is 9.55 Å². The molecule has 0 atom stereocenters. The molecule has 5 nitrogen and oxygen atoms in total. The first-order valence-corrected chi connectivity index (χ1v) is 9.14. The van der Waals surface area contributed by atoms with Gasteiger partial charge >= 0.3 is 0 Å². The van der Waals surface area contributed by atoms with E-state index in [0.29, 0.717) is 13.0 Å². The van der Waals surface area contributed by atoms with Crippen LogP contribution < -0.4 is 10.1 Å². The minimum atomic E-state index is -0.0711. The van der Waals surface area contributed by atoms with Crippen LogP contribution >= 0.6 is 15.9 Å². The van der Waals surface area contributed by atoms with Crippen LogP contribution in [0.4, 0.5) is 5.69 Å². The van der Waals surface area contributed by atoms with Crippen LogP contribution in [0.5, 0.6) is 5.75 Å². The Balaban J connectivity index is 1.46. The monoisotopic (exact) mass is 413 g/mol. The molecule has 2 aromatic carbocycles. The summed E-state index contributed by atoms with van der Waals surface area (Å²) in [5.74, 6) is 1.65. The van der Waals surface area contributed by atoms with Crippen molar-refractivity contribution in [3.8, 4) is 5.75 Å². The van der Waals surface area contributed by atoms with Crippen LogP contribution in [0.15, 0.2) is 65.4 Å². The van der Waals surface area contributed by atoms with Gasteiger partial charge < -0.3 is 14.6 Å². The van der Waals surface area contributed by atoms with Crippen LogP contribution in [0.3, 0.4) is 0 Å². The summed E-state index contributed by atoms with van der Waals surface area (Å²) in [6.07, 6.45) is 4.04. The number of amides is 1. The lowest BCUT2D eigenvalue weighted by molar-refractivity contribution is -0.116. The molecule has 1 N–H and O–H groups in total. The largest absolute Gasteiger partial charge is 0.493 e. The van der Waals surface area contributed by atoms with Crippen molar-refractivity contribution in [2.45, 2.75) is 19.9 Å². The molecule has 0 bridgehead atoms. The van der Waals surface area contributed by atoms with E-state index in [1.807, 2.05) is 61.7 Å². The van der Waals surface area contributed by atoms with Gasteiger partial charge in [0.2, 0.25) is 5.91 Å². The lowest BCUT2D eigenvalue weighted by atomic mass is 10.2. The Morgan fingerprint density at radius 1 is 1.23 bits per heavy atom. The average Bonchev–Trinajstić information content (AvgIpc) is 3.01. The topological polar surface area (TPSA) is 56.2 Å². The molecule has 0 aliphatic rings. The fraction of sp³-hybridized carbons (Fsp3) is 0.200. The Labute approximate surface area is 161 Å². The lowest BCUT2D eigenvalue weighted by Gasteiger charge is -2.09. The Morgan fingerprint density at radius 3 is 2.73 bits per heavy atom. The van der Waals surface area contributed by atoms with E-state index in [2.05, 4.69) is 30.8 Å². The van der Waals surface area contributed by atoms with Crippen molar-refractivity contribution in [2.75, 3.05) is 11.9 Å². The molecule has 0 saturated carbocycles. The summed E-state index contributed by atoms with van der Waals surface area (Å²) in [5.41, 5.74) is 1.94. The molecular formula is C20H20BrN3O2. The lowest BCUT2D eigenvalue weighted by Crippen LogP contribution is -2.15. The normalized spacial score (nSPS) is 10.5. The van der Waals surface area contributed by atoms with Crippen LogP contribution in [-0.2, 0) is 11.3 Å². The zero-order valence-electron chi connectivity index (χ0n) is 14.5. The van der Waals surface area contributed by atoms with Gasteiger partial charge in [-0.15, -0.1) is 0 Å². The molecule has 0 aliphatic heterocycles. The van der Waals surface area contributed by atoms with E-state index in [4.69, 9.17) is 4.74 Å². The molecule has 0 fully saturated rings. The van der Waals surface area contributed by atoms with Crippen LogP contribution in [-0.4, -0.2) is 22.1 Å². The van der Waals surface area contributed by atoms with E-state index in [-0.39, 0.29) is 5.91 Å². The molecule has 3 rings (SSSR count). The maximum atomic E-state index is 12.0. The van der Waals surface area contributed by atoms with Crippen LogP contribution in [0.1, 0.15) is 17.8 Å². The molecule has 26 heavy (non-hydrogen) atoms. The predicted octanol–water partition coefficient (Wildman–Crippen LogP) is 4.41.